The summed E-state index contributed by atoms with van der Waals surface area (Å²) in [5, 5.41) is 3.08. The van der Waals surface area contributed by atoms with Gasteiger partial charge < -0.3 is 15.8 Å². The first-order valence-electron chi connectivity index (χ1n) is 4.94. The van der Waals surface area contributed by atoms with Gasteiger partial charge in [0.2, 0.25) is 5.91 Å². The summed E-state index contributed by atoms with van der Waals surface area (Å²) >= 11 is 5.95. The number of ether oxygens (including phenoxy) is 1. The fourth-order valence-electron chi connectivity index (χ4n) is 1.17. The molecule has 4 nitrogen and oxygen atoms in total. The molecule has 0 aromatic heterocycles. The van der Waals surface area contributed by atoms with E-state index in [1.807, 2.05) is 0 Å². The number of hydrogen-bond acceptors (Lipinski definition) is 3. The molecule has 0 aliphatic rings. The zero-order valence-corrected chi connectivity index (χ0v) is 10.2. The summed E-state index contributed by atoms with van der Waals surface area (Å²) < 4.78 is 4.71. The fourth-order valence-corrected chi connectivity index (χ4v) is 1.33. The number of rotatable bonds is 3. The van der Waals surface area contributed by atoms with E-state index >= 15 is 0 Å². The van der Waals surface area contributed by atoms with Gasteiger partial charge in [0, 0.05) is 12.7 Å². The average Bonchev–Trinajstić information content (AvgIpc) is 2.30. The summed E-state index contributed by atoms with van der Waals surface area (Å²) in [7, 11) is 1.45. The van der Waals surface area contributed by atoms with Crippen LogP contribution in [-0.2, 0) is 9.53 Å². The Labute approximate surface area is 105 Å². The molecule has 90 valence electrons. The molecular weight excluding hydrogens is 240 g/mol. The predicted molar refractivity (Wildman–Crippen MR) is 67.9 cm³/mol. The third-order valence-electron chi connectivity index (χ3n) is 1.85. The first kappa shape index (κ1) is 13.5. The first-order chi connectivity index (χ1) is 8.17. The number of halogens is 1. The lowest BCUT2D eigenvalue weighted by atomic mass is 10.2. The van der Waals surface area contributed by atoms with Gasteiger partial charge in [0.05, 0.1) is 17.3 Å². The number of methoxy groups -OCH3 is 1. The molecule has 0 aliphatic heterocycles. The van der Waals surface area contributed by atoms with Crippen molar-refractivity contribution in [3.05, 3.63) is 28.8 Å². The molecule has 0 atom stereocenters. The van der Waals surface area contributed by atoms with E-state index in [1.165, 1.54) is 7.11 Å². The number of carbonyl (C=O) groups excluding carboxylic acids is 1. The van der Waals surface area contributed by atoms with Crippen molar-refractivity contribution in [2.45, 2.75) is 0 Å². The number of hydrogen-bond donors (Lipinski definition) is 2. The Kier molecular flexibility index (Phi) is 5.50. The van der Waals surface area contributed by atoms with E-state index in [0.717, 1.165) is 5.56 Å². The van der Waals surface area contributed by atoms with Crippen molar-refractivity contribution in [3.8, 4) is 11.8 Å². The number of carbonyl (C=O) groups is 1. The molecule has 17 heavy (non-hydrogen) atoms. The van der Waals surface area contributed by atoms with Crippen molar-refractivity contribution in [1.29, 1.82) is 0 Å². The van der Waals surface area contributed by atoms with Crippen LogP contribution in [0.5, 0.6) is 0 Å². The molecule has 0 unspecified atom stereocenters. The van der Waals surface area contributed by atoms with Crippen LogP contribution in [0, 0.1) is 11.8 Å². The summed E-state index contributed by atoms with van der Waals surface area (Å²) in [6.07, 6.45) is 0. The van der Waals surface area contributed by atoms with Crippen molar-refractivity contribution in [2.24, 2.45) is 5.73 Å². The first-order valence-corrected chi connectivity index (χ1v) is 5.32. The molecule has 3 N–H and O–H groups in total. The van der Waals surface area contributed by atoms with E-state index in [0.29, 0.717) is 10.7 Å². The Morgan fingerprint density at radius 3 is 3.00 bits per heavy atom. The Balaban J connectivity index is 2.86. The van der Waals surface area contributed by atoms with Crippen LogP contribution in [0.4, 0.5) is 5.69 Å². The largest absolute Gasteiger partial charge is 0.375 e. The zero-order valence-electron chi connectivity index (χ0n) is 9.42. The highest BCUT2D eigenvalue weighted by molar-refractivity contribution is 6.33. The second kappa shape index (κ2) is 6.92. The monoisotopic (exact) mass is 252 g/mol. The van der Waals surface area contributed by atoms with Crippen LogP contribution in [0.2, 0.25) is 5.02 Å². The SMILES string of the molecule is COCC(=O)Nc1cc(C#CCN)ccc1Cl. The lowest BCUT2D eigenvalue weighted by Crippen LogP contribution is -2.17. The molecule has 1 aromatic carbocycles. The fraction of sp³-hybridized carbons (Fsp3) is 0.250. The predicted octanol–water partition coefficient (Wildman–Crippen LogP) is 1.24. The van der Waals surface area contributed by atoms with Crippen molar-refractivity contribution in [2.75, 3.05) is 25.6 Å². The summed E-state index contributed by atoms with van der Waals surface area (Å²) in [4.78, 5) is 11.3. The number of nitrogens with two attached hydrogens (primary N) is 1. The van der Waals surface area contributed by atoms with Crippen LogP contribution in [0.15, 0.2) is 18.2 Å². The van der Waals surface area contributed by atoms with E-state index in [4.69, 9.17) is 22.1 Å². The molecule has 1 rings (SSSR count). The van der Waals surface area contributed by atoms with E-state index in [-0.39, 0.29) is 19.1 Å². The quantitative estimate of drug-likeness (QED) is 0.796. The second-order valence-corrected chi connectivity index (χ2v) is 3.59. The lowest BCUT2D eigenvalue weighted by Gasteiger charge is -2.06. The Hall–Kier alpha value is -1.54. The molecule has 5 heteroatoms. The van der Waals surface area contributed by atoms with Gasteiger partial charge in [0.1, 0.15) is 6.61 Å². The minimum Gasteiger partial charge on any atom is -0.375 e. The summed E-state index contributed by atoms with van der Waals surface area (Å²) in [6.45, 7) is 0.267. The maximum absolute atomic E-state index is 11.3. The normalized spacial score (nSPS) is 9.35. The van der Waals surface area contributed by atoms with E-state index in [9.17, 15) is 4.79 Å². The van der Waals surface area contributed by atoms with Gasteiger partial charge in [-0.2, -0.15) is 0 Å². The molecule has 1 amide bonds. The van der Waals surface area contributed by atoms with Crippen LogP contribution in [-0.4, -0.2) is 26.2 Å². The molecular formula is C12H13ClN2O2. The molecule has 0 fully saturated rings. The third-order valence-corrected chi connectivity index (χ3v) is 2.18. The van der Waals surface area contributed by atoms with Crippen molar-refractivity contribution < 1.29 is 9.53 Å². The number of amides is 1. The van der Waals surface area contributed by atoms with Crippen molar-refractivity contribution in [1.82, 2.24) is 0 Å². The average molecular weight is 253 g/mol. The van der Waals surface area contributed by atoms with Gasteiger partial charge in [-0.05, 0) is 18.2 Å². The molecule has 0 aliphatic carbocycles. The summed E-state index contributed by atoms with van der Waals surface area (Å²) in [5.74, 6) is 5.32. The van der Waals surface area contributed by atoms with Gasteiger partial charge in [-0.25, -0.2) is 0 Å². The van der Waals surface area contributed by atoms with E-state index in [2.05, 4.69) is 17.2 Å². The zero-order chi connectivity index (χ0) is 12.7. The minimum atomic E-state index is -0.265. The highest BCUT2D eigenvalue weighted by Crippen LogP contribution is 2.22. The molecule has 0 spiro atoms. The van der Waals surface area contributed by atoms with Crippen LogP contribution in [0.25, 0.3) is 0 Å². The maximum atomic E-state index is 11.3. The second-order valence-electron chi connectivity index (χ2n) is 3.18. The van der Waals surface area contributed by atoms with Crippen LogP contribution in [0.3, 0.4) is 0 Å². The van der Waals surface area contributed by atoms with Gasteiger partial charge in [0.25, 0.3) is 0 Å². The Bertz CT molecular complexity index is 463. The topological polar surface area (TPSA) is 64.3 Å². The van der Waals surface area contributed by atoms with Gasteiger partial charge in [-0.1, -0.05) is 23.4 Å². The van der Waals surface area contributed by atoms with Gasteiger partial charge >= 0.3 is 0 Å². The number of nitrogens with one attached hydrogen (secondary N) is 1. The maximum Gasteiger partial charge on any atom is 0.250 e. The molecule has 0 radical (unpaired) electrons. The number of benzene rings is 1. The molecule has 0 bridgehead atoms. The van der Waals surface area contributed by atoms with Gasteiger partial charge in [-0.3, -0.25) is 4.79 Å². The minimum absolute atomic E-state index is 0.0188. The summed E-state index contributed by atoms with van der Waals surface area (Å²) in [6, 6.07) is 5.13. The summed E-state index contributed by atoms with van der Waals surface area (Å²) in [5.41, 5.74) is 6.53. The smallest absolute Gasteiger partial charge is 0.250 e. The van der Waals surface area contributed by atoms with Crippen LogP contribution >= 0.6 is 11.6 Å². The van der Waals surface area contributed by atoms with Gasteiger partial charge in [0.15, 0.2) is 0 Å². The Morgan fingerprint density at radius 2 is 2.35 bits per heavy atom. The highest BCUT2D eigenvalue weighted by Gasteiger charge is 2.05. The molecule has 0 saturated carbocycles. The van der Waals surface area contributed by atoms with Gasteiger partial charge in [-0.15, -0.1) is 0 Å². The lowest BCUT2D eigenvalue weighted by molar-refractivity contribution is -0.119. The van der Waals surface area contributed by atoms with Crippen molar-refractivity contribution in [3.63, 3.8) is 0 Å². The standard InChI is InChI=1S/C12H13ClN2O2/c1-17-8-12(16)15-11-7-9(3-2-6-14)4-5-10(11)13/h4-5,7H,6,8,14H2,1H3,(H,15,16). The molecule has 1 aromatic rings. The highest BCUT2D eigenvalue weighted by atomic mass is 35.5. The molecule has 0 heterocycles. The molecule has 0 saturated heterocycles. The van der Waals surface area contributed by atoms with Crippen LogP contribution in [0.1, 0.15) is 5.56 Å². The van der Waals surface area contributed by atoms with E-state index < -0.39 is 0 Å². The van der Waals surface area contributed by atoms with Crippen LogP contribution < -0.4 is 11.1 Å². The van der Waals surface area contributed by atoms with E-state index in [1.54, 1.807) is 18.2 Å². The number of anilines is 1. The van der Waals surface area contributed by atoms with Crippen molar-refractivity contribution >= 4 is 23.2 Å². The third kappa shape index (κ3) is 4.45. The Morgan fingerprint density at radius 1 is 1.59 bits per heavy atom.